The summed E-state index contributed by atoms with van der Waals surface area (Å²) in [5, 5.41) is 0. The molecule has 2 rings (SSSR count). The third-order valence-corrected chi connectivity index (χ3v) is 2.19. The van der Waals surface area contributed by atoms with Crippen LogP contribution in [0.3, 0.4) is 0 Å². The van der Waals surface area contributed by atoms with E-state index in [-0.39, 0.29) is 18.0 Å². The topological polar surface area (TPSA) is 52.6 Å². The quantitative estimate of drug-likeness (QED) is 0.458. The Hall–Kier alpha value is -1.06. The van der Waals surface area contributed by atoms with Crippen molar-refractivity contribution in [2.24, 2.45) is 5.92 Å². The molecule has 0 N–H and O–H groups in total. The van der Waals surface area contributed by atoms with Gasteiger partial charge in [-0.1, -0.05) is 0 Å². The second kappa shape index (κ2) is 1.96. The van der Waals surface area contributed by atoms with Crippen LogP contribution < -0.4 is 0 Å². The highest BCUT2D eigenvalue weighted by Crippen LogP contribution is 2.33. The summed E-state index contributed by atoms with van der Waals surface area (Å²) in [4.78, 5) is 21.6. The third-order valence-electron chi connectivity index (χ3n) is 2.19. The molecule has 0 spiro atoms. The summed E-state index contributed by atoms with van der Waals surface area (Å²) in [6, 6.07) is 0. The number of carbonyl (C=O) groups is 2. The predicted octanol–water partition coefficient (Wildman–Crippen LogP) is -0.137. The molecule has 4 nitrogen and oxygen atoms in total. The molecule has 3 atom stereocenters. The fourth-order valence-electron chi connectivity index (χ4n) is 1.55. The molecule has 2 fully saturated rings. The maximum atomic E-state index is 10.9. The Morgan fingerprint density at radius 3 is 2.73 bits per heavy atom. The first kappa shape index (κ1) is 6.64. The maximum absolute atomic E-state index is 10.9. The SMILES string of the molecule is C[C@@H]1OC(=O)[C@H]2OC(=O)C[C@@H]12. The van der Waals surface area contributed by atoms with Gasteiger partial charge >= 0.3 is 11.9 Å². The van der Waals surface area contributed by atoms with E-state index in [0.717, 1.165) is 0 Å². The van der Waals surface area contributed by atoms with Crippen LogP contribution in [0.25, 0.3) is 0 Å². The molecule has 0 aromatic heterocycles. The van der Waals surface area contributed by atoms with Gasteiger partial charge in [-0.3, -0.25) is 4.79 Å². The van der Waals surface area contributed by atoms with Crippen LogP contribution >= 0.6 is 0 Å². The van der Waals surface area contributed by atoms with Crippen LogP contribution in [0.2, 0.25) is 0 Å². The van der Waals surface area contributed by atoms with Crippen LogP contribution in [-0.2, 0) is 19.1 Å². The van der Waals surface area contributed by atoms with Crippen LogP contribution in [-0.4, -0.2) is 24.1 Å². The molecular weight excluding hydrogens is 148 g/mol. The van der Waals surface area contributed by atoms with Crippen LogP contribution in [0.5, 0.6) is 0 Å². The first-order valence-electron chi connectivity index (χ1n) is 3.58. The summed E-state index contributed by atoms with van der Waals surface area (Å²) >= 11 is 0. The lowest BCUT2D eigenvalue weighted by Gasteiger charge is -2.04. The second-order valence-corrected chi connectivity index (χ2v) is 2.92. The monoisotopic (exact) mass is 156 g/mol. The minimum absolute atomic E-state index is 0.0463. The van der Waals surface area contributed by atoms with Gasteiger partial charge in [0, 0.05) is 0 Å². The minimum atomic E-state index is -0.613. The third kappa shape index (κ3) is 0.818. The Bertz CT molecular complexity index is 222. The zero-order valence-corrected chi connectivity index (χ0v) is 6.07. The maximum Gasteiger partial charge on any atom is 0.348 e. The van der Waals surface area contributed by atoms with Crippen molar-refractivity contribution in [3.8, 4) is 0 Å². The fraction of sp³-hybridized carbons (Fsp3) is 0.714. The van der Waals surface area contributed by atoms with Crippen molar-refractivity contribution in [1.82, 2.24) is 0 Å². The van der Waals surface area contributed by atoms with Crippen LogP contribution in [0.1, 0.15) is 13.3 Å². The van der Waals surface area contributed by atoms with E-state index in [1.165, 1.54) is 0 Å². The highest BCUT2D eigenvalue weighted by molar-refractivity contribution is 5.85. The Balaban J connectivity index is 2.23. The van der Waals surface area contributed by atoms with E-state index in [2.05, 4.69) is 0 Å². The van der Waals surface area contributed by atoms with Gasteiger partial charge in [-0.15, -0.1) is 0 Å². The average Bonchev–Trinajstić information content (AvgIpc) is 2.38. The summed E-state index contributed by atoms with van der Waals surface area (Å²) in [5.74, 6) is -0.730. The number of hydrogen-bond donors (Lipinski definition) is 0. The molecule has 11 heavy (non-hydrogen) atoms. The average molecular weight is 156 g/mol. The lowest BCUT2D eigenvalue weighted by atomic mass is 9.99. The van der Waals surface area contributed by atoms with Crippen molar-refractivity contribution in [2.75, 3.05) is 0 Å². The molecular formula is C7H8O4. The standard InChI is InChI=1S/C7H8O4/c1-3-4-2-5(8)11-6(4)7(9)10-3/h3-4,6H,2H2,1H3/t3-,4-,6-/m0/s1. The van der Waals surface area contributed by atoms with Gasteiger partial charge < -0.3 is 9.47 Å². The lowest BCUT2D eigenvalue weighted by molar-refractivity contribution is -0.157. The van der Waals surface area contributed by atoms with E-state index >= 15 is 0 Å². The fourth-order valence-corrected chi connectivity index (χ4v) is 1.55. The molecule has 2 heterocycles. The van der Waals surface area contributed by atoms with E-state index in [1.54, 1.807) is 6.92 Å². The van der Waals surface area contributed by atoms with Gasteiger partial charge in [0.15, 0.2) is 0 Å². The number of esters is 2. The van der Waals surface area contributed by atoms with Gasteiger partial charge in [0.05, 0.1) is 12.3 Å². The first-order chi connectivity index (χ1) is 5.18. The van der Waals surface area contributed by atoms with Crippen molar-refractivity contribution in [3.63, 3.8) is 0 Å². The van der Waals surface area contributed by atoms with Crippen molar-refractivity contribution in [2.45, 2.75) is 25.6 Å². The van der Waals surface area contributed by atoms with Gasteiger partial charge in [0.2, 0.25) is 6.10 Å². The molecule has 2 saturated heterocycles. The van der Waals surface area contributed by atoms with Gasteiger partial charge in [0.1, 0.15) is 6.10 Å². The highest BCUT2D eigenvalue weighted by Gasteiger charge is 2.50. The number of ether oxygens (including phenoxy) is 2. The summed E-state index contributed by atoms with van der Waals surface area (Å²) in [5.41, 5.74) is 0. The Morgan fingerprint density at radius 1 is 1.36 bits per heavy atom. The number of fused-ring (bicyclic) bond motifs is 1. The van der Waals surface area contributed by atoms with Gasteiger partial charge in [-0.05, 0) is 6.92 Å². The smallest absolute Gasteiger partial charge is 0.348 e. The highest BCUT2D eigenvalue weighted by atomic mass is 16.6. The Kier molecular flexibility index (Phi) is 1.19. The van der Waals surface area contributed by atoms with E-state index in [9.17, 15) is 9.59 Å². The zero-order chi connectivity index (χ0) is 8.01. The van der Waals surface area contributed by atoms with Crippen LogP contribution in [0.15, 0.2) is 0 Å². The van der Waals surface area contributed by atoms with Gasteiger partial charge in [-0.25, -0.2) is 4.79 Å². The largest absolute Gasteiger partial charge is 0.459 e. The zero-order valence-electron chi connectivity index (χ0n) is 6.07. The van der Waals surface area contributed by atoms with Gasteiger partial charge in [0.25, 0.3) is 0 Å². The number of carbonyl (C=O) groups excluding carboxylic acids is 2. The van der Waals surface area contributed by atoms with Crippen molar-refractivity contribution >= 4 is 11.9 Å². The van der Waals surface area contributed by atoms with Crippen molar-refractivity contribution in [1.29, 1.82) is 0 Å². The molecule has 2 aliphatic rings. The van der Waals surface area contributed by atoms with E-state index in [1.807, 2.05) is 0 Å². The summed E-state index contributed by atoms with van der Waals surface area (Å²) in [6.45, 7) is 1.78. The lowest BCUT2D eigenvalue weighted by Crippen LogP contribution is -2.19. The van der Waals surface area contributed by atoms with Gasteiger partial charge in [-0.2, -0.15) is 0 Å². The Morgan fingerprint density at radius 2 is 2.09 bits per heavy atom. The first-order valence-corrected chi connectivity index (χ1v) is 3.58. The number of rotatable bonds is 0. The molecule has 0 saturated carbocycles. The summed E-state index contributed by atoms with van der Waals surface area (Å²) in [7, 11) is 0. The van der Waals surface area contributed by atoms with Crippen LogP contribution in [0.4, 0.5) is 0 Å². The summed E-state index contributed by atoms with van der Waals surface area (Å²) in [6.07, 6.45) is -0.464. The molecule has 60 valence electrons. The minimum Gasteiger partial charge on any atom is -0.459 e. The predicted molar refractivity (Wildman–Crippen MR) is 33.5 cm³/mol. The molecule has 4 heteroatoms. The molecule has 0 bridgehead atoms. The van der Waals surface area contributed by atoms with E-state index in [0.29, 0.717) is 6.42 Å². The molecule has 0 unspecified atom stereocenters. The second-order valence-electron chi connectivity index (χ2n) is 2.92. The molecule has 0 amide bonds. The molecule has 0 aliphatic carbocycles. The van der Waals surface area contributed by atoms with Crippen molar-refractivity contribution in [3.05, 3.63) is 0 Å². The van der Waals surface area contributed by atoms with Crippen LogP contribution in [0, 0.1) is 5.92 Å². The van der Waals surface area contributed by atoms with Crippen molar-refractivity contribution < 1.29 is 19.1 Å². The Labute approximate surface area is 63.5 Å². The molecule has 0 aromatic rings. The molecule has 0 aromatic carbocycles. The molecule has 0 radical (unpaired) electrons. The number of cyclic esters (lactones) is 1. The normalized spacial score (nSPS) is 41.7. The summed E-state index contributed by atoms with van der Waals surface area (Å²) < 4.78 is 9.61. The molecule has 2 aliphatic heterocycles. The van der Waals surface area contributed by atoms with E-state index in [4.69, 9.17) is 9.47 Å². The van der Waals surface area contributed by atoms with E-state index < -0.39 is 12.1 Å². The number of hydrogen-bond acceptors (Lipinski definition) is 4.